The molecule has 0 aromatic carbocycles. The van der Waals surface area contributed by atoms with Crippen molar-refractivity contribution in [3.05, 3.63) is 17.4 Å². The number of nitrogens with two attached hydrogens (primary N) is 1. The minimum absolute atomic E-state index is 0.0243. The number of aliphatic hydroxyl groups excluding tert-OH is 2. The van der Waals surface area contributed by atoms with Gasteiger partial charge >= 0.3 is 5.97 Å². The average Bonchev–Trinajstić information content (AvgIpc) is 3.01. The fraction of sp³-hybridized carbons (Fsp3) is 0.462. The fourth-order valence-corrected chi connectivity index (χ4v) is 2.86. The summed E-state index contributed by atoms with van der Waals surface area (Å²) >= 11 is 6.03. The van der Waals surface area contributed by atoms with Gasteiger partial charge in [-0.15, -0.1) is 0 Å². The van der Waals surface area contributed by atoms with Crippen LogP contribution >= 0.6 is 11.6 Å². The summed E-state index contributed by atoms with van der Waals surface area (Å²) in [5.74, 6) is -0.603. The third-order valence-corrected chi connectivity index (χ3v) is 3.90. The van der Waals surface area contributed by atoms with Gasteiger partial charge in [0.25, 0.3) is 0 Å². The molecule has 1 aliphatic heterocycles. The van der Waals surface area contributed by atoms with E-state index in [1.165, 1.54) is 11.5 Å². The van der Waals surface area contributed by atoms with Gasteiger partial charge < -0.3 is 30.0 Å². The molecule has 1 fully saturated rings. The molecule has 0 radical (unpaired) electrons. The number of ether oxygens (including phenoxy) is 2. The lowest BCUT2D eigenvalue weighted by atomic mass is 10.1. The minimum atomic E-state index is -1.18. The van der Waals surface area contributed by atoms with Crippen molar-refractivity contribution in [3.63, 3.8) is 0 Å². The Hall–Kier alpha value is -1.94. The van der Waals surface area contributed by atoms with E-state index in [1.54, 1.807) is 12.3 Å². The first-order chi connectivity index (χ1) is 10.9. The van der Waals surface area contributed by atoms with Gasteiger partial charge in [-0.2, -0.15) is 4.98 Å². The van der Waals surface area contributed by atoms with Gasteiger partial charge in [0.05, 0.1) is 12.0 Å². The molecule has 2 aromatic rings. The molecule has 4 N–H and O–H groups in total. The van der Waals surface area contributed by atoms with Gasteiger partial charge in [0.15, 0.2) is 12.3 Å². The van der Waals surface area contributed by atoms with E-state index in [9.17, 15) is 15.0 Å². The molecular formula is C13H15ClN4O5. The molecule has 9 nitrogen and oxygen atoms in total. The Morgan fingerprint density at radius 3 is 2.96 bits per heavy atom. The Bertz CT molecular complexity index is 751. The Kier molecular flexibility index (Phi) is 4.11. The number of hydrogen-bond acceptors (Lipinski definition) is 8. The van der Waals surface area contributed by atoms with E-state index in [1.807, 2.05) is 0 Å². The molecular weight excluding hydrogens is 328 g/mol. The van der Waals surface area contributed by atoms with Crippen LogP contribution in [0.4, 0.5) is 5.95 Å². The van der Waals surface area contributed by atoms with E-state index in [-0.39, 0.29) is 11.1 Å². The van der Waals surface area contributed by atoms with Gasteiger partial charge in [-0.25, -0.2) is 4.98 Å². The maximum atomic E-state index is 11.3. The van der Waals surface area contributed by atoms with Gasteiger partial charge in [0.1, 0.15) is 23.0 Å². The maximum Gasteiger partial charge on any atom is 0.303 e. The Balaban J connectivity index is 2.06. The first-order valence-electron chi connectivity index (χ1n) is 6.83. The van der Waals surface area contributed by atoms with E-state index in [2.05, 4.69) is 9.97 Å². The summed E-state index contributed by atoms with van der Waals surface area (Å²) in [6.45, 7) is 0.799. The molecule has 3 rings (SSSR count). The zero-order valence-electron chi connectivity index (χ0n) is 12.1. The topological polar surface area (TPSA) is 133 Å². The number of nitrogen functional groups attached to an aromatic ring is 1. The number of carbonyl (C=O) groups excluding carboxylic acids is 1. The molecule has 3 heterocycles. The lowest BCUT2D eigenvalue weighted by Crippen LogP contribution is -2.36. The van der Waals surface area contributed by atoms with Crippen LogP contribution in [0.2, 0.25) is 5.15 Å². The zero-order valence-corrected chi connectivity index (χ0v) is 12.8. The van der Waals surface area contributed by atoms with Crippen LogP contribution in [0.5, 0.6) is 0 Å². The number of esters is 1. The molecule has 10 heteroatoms. The third kappa shape index (κ3) is 2.72. The molecule has 23 heavy (non-hydrogen) atoms. The van der Waals surface area contributed by atoms with E-state index in [0.29, 0.717) is 11.0 Å². The van der Waals surface area contributed by atoms with Crippen LogP contribution in [0.1, 0.15) is 13.2 Å². The number of aliphatic hydroxyl groups is 2. The van der Waals surface area contributed by atoms with Gasteiger partial charge in [-0.05, 0) is 6.07 Å². The van der Waals surface area contributed by atoms with Crippen LogP contribution in [0, 0.1) is 0 Å². The number of halogens is 1. The van der Waals surface area contributed by atoms with Crippen molar-refractivity contribution in [2.24, 2.45) is 0 Å². The van der Waals surface area contributed by atoms with E-state index >= 15 is 0 Å². The highest BCUT2D eigenvalue weighted by atomic mass is 35.5. The molecule has 0 amide bonds. The van der Waals surface area contributed by atoms with Crippen molar-refractivity contribution < 1.29 is 24.5 Å². The van der Waals surface area contributed by atoms with Crippen molar-refractivity contribution in [3.8, 4) is 0 Å². The third-order valence-electron chi connectivity index (χ3n) is 3.61. The monoisotopic (exact) mass is 342 g/mol. The molecule has 0 aliphatic carbocycles. The number of anilines is 1. The number of carbonyl (C=O) groups is 1. The second-order valence-corrected chi connectivity index (χ2v) is 5.50. The number of rotatable bonds is 3. The summed E-state index contributed by atoms with van der Waals surface area (Å²) in [5.41, 5.74) is 5.98. The first kappa shape index (κ1) is 15.9. The molecule has 0 unspecified atom stereocenters. The highest BCUT2D eigenvalue weighted by Crippen LogP contribution is 2.35. The smallest absolute Gasteiger partial charge is 0.303 e. The summed E-state index contributed by atoms with van der Waals surface area (Å²) < 4.78 is 12.3. The Morgan fingerprint density at radius 2 is 2.30 bits per heavy atom. The Labute approximate surface area is 135 Å². The molecule has 0 saturated carbocycles. The van der Waals surface area contributed by atoms with Crippen LogP contribution in [0.3, 0.4) is 0 Å². The number of hydrogen-bond donors (Lipinski definition) is 3. The van der Waals surface area contributed by atoms with Crippen LogP contribution in [0.25, 0.3) is 11.0 Å². The summed E-state index contributed by atoms with van der Waals surface area (Å²) in [6, 6.07) is 1.66. The van der Waals surface area contributed by atoms with Crippen molar-refractivity contribution in [2.45, 2.75) is 31.5 Å². The summed E-state index contributed by atoms with van der Waals surface area (Å²) in [4.78, 5) is 19.3. The SMILES string of the molecule is CC(=O)O[C@H]1[C@H](O)[C@@H](CO)O[C@H]1n1ccc2c(Cl)nc(N)nc21. The van der Waals surface area contributed by atoms with Crippen molar-refractivity contribution in [2.75, 3.05) is 12.3 Å². The van der Waals surface area contributed by atoms with E-state index in [0.717, 1.165) is 0 Å². The van der Waals surface area contributed by atoms with Crippen molar-refractivity contribution in [1.29, 1.82) is 0 Å². The lowest BCUT2D eigenvalue weighted by molar-refractivity contribution is -0.155. The molecule has 2 aromatic heterocycles. The maximum absolute atomic E-state index is 11.3. The number of fused-ring (bicyclic) bond motifs is 1. The number of nitrogens with zero attached hydrogens (tertiary/aromatic N) is 3. The van der Waals surface area contributed by atoms with Crippen LogP contribution in [-0.4, -0.2) is 55.6 Å². The largest absolute Gasteiger partial charge is 0.455 e. The van der Waals surface area contributed by atoms with Crippen LogP contribution < -0.4 is 5.73 Å². The average molecular weight is 343 g/mol. The van der Waals surface area contributed by atoms with Crippen LogP contribution in [-0.2, 0) is 14.3 Å². The van der Waals surface area contributed by atoms with E-state index in [4.69, 9.17) is 26.8 Å². The predicted molar refractivity (Wildman–Crippen MR) is 79.5 cm³/mol. The second-order valence-electron chi connectivity index (χ2n) is 5.15. The van der Waals surface area contributed by atoms with E-state index < -0.39 is 37.1 Å². The van der Waals surface area contributed by atoms with Crippen molar-refractivity contribution in [1.82, 2.24) is 14.5 Å². The molecule has 124 valence electrons. The first-order valence-corrected chi connectivity index (χ1v) is 7.21. The quantitative estimate of drug-likeness (QED) is 0.518. The summed E-state index contributed by atoms with van der Waals surface area (Å²) in [6.07, 6.45) is -2.35. The van der Waals surface area contributed by atoms with Gasteiger partial charge in [0.2, 0.25) is 5.95 Å². The predicted octanol–water partition coefficient (Wildman–Crippen LogP) is -0.151. The standard InChI is InChI=1S/C13H15ClN4O5/c1-5(20)22-9-8(21)7(4-19)23-12(9)18-3-2-6-10(14)16-13(15)17-11(6)18/h2-3,7-9,12,19,21H,4H2,1H3,(H2,15,16,17)/t7-,8-,9+,12-/m1/s1. The molecule has 0 spiro atoms. The number of aromatic nitrogens is 3. The summed E-state index contributed by atoms with van der Waals surface area (Å²) in [7, 11) is 0. The minimum Gasteiger partial charge on any atom is -0.455 e. The molecule has 1 saturated heterocycles. The lowest BCUT2D eigenvalue weighted by Gasteiger charge is -2.21. The highest BCUT2D eigenvalue weighted by Gasteiger charge is 2.47. The normalized spacial score (nSPS) is 27.5. The molecule has 1 aliphatic rings. The van der Waals surface area contributed by atoms with Crippen LogP contribution in [0.15, 0.2) is 12.3 Å². The molecule has 0 bridgehead atoms. The van der Waals surface area contributed by atoms with Gasteiger partial charge in [-0.1, -0.05) is 11.6 Å². The Morgan fingerprint density at radius 1 is 1.57 bits per heavy atom. The second kappa shape index (κ2) is 5.93. The van der Waals surface area contributed by atoms with Gasteiger partial charge in [-0.3, -0.25) is 4.79 Å². The molecule has 4 atom stereocenters. The van der Waals surface area contributed by atoms with Gasteiger partial charge in [0, 0.05) is 13.1 Å². The summed E-state index contributed by atoms with van der Waals surface area (Å²) in [5, 5.41) is 20.2. The fourth-order valence-electron chi connectivity index (χ4n) is 2.63. The highest BCUT2D eigenvalue weighted by molar-refractivity contribution is 6.34. The van der Waals surface area contributed by atoms with Crippen molar-refractivity contribution >= 4 is 34.6 Å². The zero-order chi connectivity index (χ0) is 16.7.